The fourth-order valence-electron chi connectivity index (χ4n) is 2.40. The molecule has 0 unspecified atom stereocenters. The predicted octanol–water partition coefficient (Wildman–Crippen LogP) is 1.97. The van der Waals surface area contributed by atoms with Crippen LogP contribution in [0.3, 0.4) is 0 Å². The molecule has 0 saturated heterocycles. The third-order valence-electron chi connectivity index (χ3n) is 3.71. The molecule has 1 aromatic heterocycles. The third kappa shape index (κ3) is 6.97. The Balaban J connectivity index is 1.70. The summed E-state index contributed by atoms with van der Waals surface area (Å²) in [5, 5.41) is 14.4. The zero-order chi connectivity index (χ0) is 18.1. The molecule has 3 N–H and O–H groups in total. The van der Waals surface area contributed by atoms with Gasteiger partial charge in [0.05, 0.1) is 5.69 Å². The largest absolute Gasteiger partial charge is 0.356 e. The van der Waals surface area contributed by atoms with Crippen LogP contribution in [0.15, 0.2) is 47.7 Å². The molecule has 2 aromatic rings. The van der Waals surface area contributed by atoms with Crippen molar-refractivity contribution in [1.82, 2.24) is 25.7 Å². The van der Waals surface area contributed by atoms with Crippen molar-refractivity contribution in [2.24, 2.45) is 4.99 Å². The Hall–Kier alpha value is -2.34. The van der Waals surface area contributed by atoms with Gasteiger partial charge in [0.25, 0.3) is 0 Å². The first kappa shape index (κ1) is 19.0. The summed E-state index contributed by atoms with van der Waals surface area (Å²) in [6.45, 7) is 9.08. The molecule has 25 heavy (non-hydrogen) atoms. The molecule has 0 saturated carbocycles. The van der Waals surface area contributed by atoms with Crippen LogP contribution < -0.4 is 16.0 Å². The van der Waals surface area contributed by atoms with Crippen molar-refractivity contribution in [1.29, 1.82) is 0 Å². The molecule has 136 valence electrons. The van der Waals surface area contributed by atoms with E-state index < -0.39 is 0 Å². The molecule has 0 atom stereocenters. The van der Waals surface area contributed by atoms with Crippen molar-refractivity contribution in [3.8, 4) is 5.69 Å². The van der Waals surface area contributed by atoms with Crippen molar-refractivity contribution >= 4 is 5.96 Å². The zero-order valence-corrected chi connectivity index (χ0v) is 15.7. The average molecular weight is 342 g/mol. The number of nitrogens with zero attached hydrogens (tertiary/aromatic N) is 3. The highest BCUT2D eigenvalue weighted by atomic mass is 15.3. The highest BCUT2D eigenvalue weighted by Crippen LogP contribution is 2.08. The normalized spacial score (nSPS) is 12.2. The number of hydrogen-bond acceptors (Lipinski definition) is 3. The number of benzene rings is 1. The second kappa shape index (κ2) is 9.22. The van der Waals surface area contributed by atoms with Gasteiger partial charge in [0, 0.05) is 44.6 Å². The highest BCUT2D eigenvalue weighted by Gasteiger charge is 2.07. The lowest BCUT2D eigenvalue weighted by atomic mass is 10.1. The second-order valence-corrected chi connectivity index (χ2v) is 6.97. The first-order valence-corrected chi connectivity index (χ1v) is 8.76. The van der Waals surface area contributed by atoms with E-state index >= 15 is 0 Å². The topological polar surface area (TPSA) is 66.3 Å². The van der Waals surface area contributed by atoms with Gasteiger partial charge < -0.3 is 16.0 Å². The van der Waals surface area contributed by atoms with Crippen molar-refractivity contribution in [2.75, 3.05) is 26.7 Å². The van der Waals surface area contributed by atoms with Gasteiger partial charge in [0.1, 0.15) is 0 Å². The average Bonchev–Trinajstić information content (AvgIpc) is 3.11. The van der Waals surface area contributed by atoms with Gasteiger partial charge in [-0.2, -0.15) is 5.10 Å². The van der Waals surface area contributed by atoms with E-state index in [1.807, 2.05) is 16.9 Å². The zero-order valence-electron chi connectivity index (χ0n) is 15.7. The molecule has 1 aromatic carbocycles. The minimum atomic E-state index is 0.140. The summed E-state index contributed by atoms with van der Waals surface area (Å²) in [7, 11) is 1.80. The molecule has 0 radical (unpaired) electrons. The number of guanidine groups is 1. The molecule has 2 rings (SSSR count). The van der Waals surface area contributed by atoms with Crippen molar-refractivity contribution in [3.05, 3.63) is 48.3 Å². The maximum atomic E-state index is 4.26. The highest BCUT2D eigenvalue weighted by molar-refractivity contribution is 5.79. The molecule has 0 amide bonds. The van der Waals surface area contributed by atoms with E-state index in [9.17, 15) is 0 Å². The van der Waals surface area contributed by atoms with Crippen molar-refractivity contribution in [2.45, 2.75) is 32.7 Å². The van der Waals surface area contributed by atoms with Crippen LogP contribution in [0.2, 0.25) is 0 Å². The Morgan fingerprint density at radius 2 is 1.80 bits per heavy atom. The lowest BCUT2D eigenvalue weighted by Crippen LogP contribution is -2.44. The van der Waals surface area contributed by atoms with Crippen LogP contribution in [0.1, 0.15) is 26.3 Å². The van der Waals surface area contributed by atoms with E-state index in [2.05, 4.69) is 71.1 Å². The fourth-order valence-corrected chi connectivity index (χ4v) is 2.40. The van der Waals surface area contributed by atoms with Crippen molar-refractivity contribution in [3.63, 3.8) is 0 Å². The van der Waals surface area contributed by atoms with Gasteiger partial charge in [0.15, 0.2) is 5.96 Å². The maximum Gasteiger partial charge on any atom is 0.191 e. The molecule has 0 spiro atoms. The van der Waals surface area contributed by atoms with Gasteiger partial charge in [-0.3, -0.25) is 4.99 Å². The van der Waals surface area contributed by atoms with E-state index in [4.69, 9.17) is 0 Å². The van der Waals surface area contributed by atoms with E-state index in [1.54, 1.807) is 13.2 Å². The molecular weight excluding hydrogens is 312 g/mol. The SMILES string of the molecule is CN=C(NCCNC(C)(C)C)NCCc1ccc(-n2cccn2)cc1. The predicted molar refractivity (Wildman–Crippen MR) is 104 cm³/mol. The lowest BCUT2D eigenvalue weighted by molar-refractivity contribution is 0.428. The van der Waals surface area contributed by atoms with E-state index in [1.165, 1.54) is 5.56 Å². The van der Waals surface area contributed by atoms with Gasteiger partial charge in [-0.05, 0) is 51.0 Å². The van der Waals surface area contributed by atoms with Crippen LogP contribution >= 0.6 is 0 Å². The van der Waals surface area contributed by atoms with Crippen LogP contribution in [0.5, 0.6) is 0 Å². The summed E-state index contributed by atoms with van der Waals surface area (Å²) in [6.07, 6.45) is 4.68. The Labute approximate surface area is 150 Å². The van der Waals surface area contributed by atoms with Crippen LogP contribution in [0.4, 0.5) is 0 Å². The van der Waals surface area contributed by atoms with Gasteiger partial charge in [-0.1, -0.05) is 12.1 Å². The van der Waals surface area contributed by atoms with Gasteiger partial charge in [-0.15, -0.1) is 0 Å². The Morgan fingerprint density at radius 3 is 2.40 bits per heavy atom. The molecule has 0 bridgehead atoms. The summed E-state index contributed by atoms with van der Waals surface area (Å²) in [6, 6.07) is 10.4. The fraction of sp³-hybridized carbons (Fsp3) is 0.474. The van der Waals surface area contributed by atoms with E-state index in [-0.39, 0.29) is 5.54 Å². The van der Waals surface area contributed by atoms with E-state index in [0.717, 1.165) is 37.7 Å². The number of hydrogen-bond donors (Lipinski definition) is 3. The molecule has 0 aliphatic carbocycles. The van der Waals surface area contributed by atoms with Gasteiger partial charge in [-0.25, -0.2) is 4.68 Å². The lowest BCUT2D eigenvalue weighted by Gasteiger charge is -2.21. The summed E-state index contributed by atoms with van der Waals surface area (Å²) < 4.78 is 1.86. The quantitative estimate of drug-likeness (QED) is 0.409. The third-order valence-corrected chi connectivity index (χ3v) is 3.71. The molecule has 0 aliphatic rings. The Bertz CT molecular complexity index is 638. The number of aromatic nitrogens is 2. The summed E-state index contributed by atoms with van der Waals surface area (Å²) in [5.41, 5.74) is 2.50. The standard InChI is InChI=1S/C19H30N6/c1-19(2,3)23-14-13-22-18(20-4)21-12-10-16-6-8-17(9-7-16)25-15-5-11-24-25/h5-9,11,15,23H,10,12-14H2,1-4H3,(H2,20,21,22). The maximum absolute atomic E-state index is 4.26. The molecule has 0 fully saturated rings. The molecule has 0 aliphatic heterocycles. The first-order chi connectivity index (χ1) is 12.0. The summed E-state index contributed by atoms with van der Waals surface area (Å²) >= 11 is 0. The van der Waals surface area contributed by atoms with Crippen LogP contribution in [-0.4, -0.2) is 48.0 Å². The summed E-state index contributed by atoms with van der Waals surface area (Å²) in [5.74, 6) is 0.837. The van der Waals surface area contributed by atoms with Crippen molar-refractivity contribution < 1.29 is 0 Å². The Morgan fingerprint density at radius 1 is 1.08 bits per heavy atom. The van der Waals surface area contributed by atoms with Crippen LogP contribution in [-0.2, 0) is 6.42 Å². The first-order valence-electron chi connectivity index (χ1n) is 8.76. The minimum Gasteiger partial charge on any atom is -0.356 e. The molecular formula is C19H30N6. The molecule has 6 heteroatoms. The van der Waals surface area contributed by atoms with Gasteiger partial charge >= 0.3 is 0 Å². The van der Waals surface area contributed by atoms with E-state index in [0.29, 0.717) is 0 Å². The van der Waals surface area contributed by atoms with Gasteiger partial charge in [0.2, 0.25) is 0 Å². The monoisotopic (exact) mass is 342 g/mol. The van der Waals surface area contributed by atoms with Crippen LogP contribution in [0, 0.1) is 0 Å². The van der Waals surface area contributed by atoms with Crippen LogP contribution in [0.25, 0.3) is 5.69 Å². The second-order valence-electron chi connectivity index (χ2n) is 6.97. The number of aliphatic imine (C=N–C) groups is 1. The summed E-state index contributed by atoms with van der Waals surface area (Å²) in [4.78, 5) is 4.26. The molecule has 6 nitrogen and oxygen atoms in total. The number of nitrogens with one attached hydrogen (secondary N) is 3. The Kier molecular flexibility index (Phi) is 7.01. The number of rotatable bonds is 7. The minimum absolute atomic E-state index is 0.140. The molecule has 1 heterocycles. The smallest absolute Gasteiger partial charge is 0.191 e.